The summed E-state index contributed by atoms with van der Waals surface area (Å²) < 4.78 is 9.06. The standard InChI is InChI=1S/C22H24N6O3/c1-13-8-15(29)4-5-19(13)28-12-14-9-16(20(31-2)10-17(14)26-28)22(30)25-18-11-24-27-7-3-6-23-21(18)27/h3,6-7,9-13,15,19,29H,4-5,8H2,1-2H3,(H,25,30)/t13-,15?,19-/m0/s1. The number of hydrogen-bond acceptors (Lipinski definition) is 6. The molecule has 9 heteroatoms. The minimum Gasteiger partial charge on any atom is -0.496 e. The Bertz CT molecular complexity index is 1260. The normalized spacial score (nSPS) is 21.5. The molecule has 3 aromatic heterocycles. The molecule has 0 aliphatic heterocycles. The fraction of sp³-hybridized carbons (Fsp3) is 0.364. The topological polar surface area (TPSA) is 107 Å². The number of methoxy groups -OCH3 is 1. The van der Waals surface area contributed by atoms with Crippen molar-refractivity contribution >= 4 is 28.1 Å². The van der Waals surface area contributed by atoms with Gasteiger partial charge < -0.3 is 15.2 Å². The molecule has 1 fully saturated rings. The van der Waals surface area contributed by atoms with E-state index in [-0.39, 0.29) is 18.1 Å². The zero-order valence-electron chi connectivity index (χ0n) is 17.4. The first kappa shape index (κ1) is 19.5. The van der Waals surface area contributed by atoms with Crippen LogP contribution in [0.15, 0.2) is 43.0 Å². The van der Waals surface area contributed by atoms with Gasteiger partial charge in [-0.2, -0.15) is 10.2 Å². The maximum Gasteiger partial charge on any atom is 0.259 e. The lowest BCUT2D eigenvalue weighted by atomic mass is 9.84. The number of rotatable bonds is 4. The van der Waals surface area contributed by atoms with Gasteiger partial charge in [0.25, 0.3) is 5.91 Å². The molecule has 0 spiro atoms. The summed E-state index contributed by atoms with van der Waals surface area (Å²) in [6.45, 7) is 2.14. The molecular weight excluding hydrogens is 396 g/mol. The predicted octanol–water partition coefficient (Wildman–Crippen LogP) is 3.06. The van der Waals surface area contributed by atoms with Gasteiger partial charge in [0.1, 0.15) is 11.4 Å². The van der Waals surface area contributed by atoms with Gasteiger partial charge >= 0.3 is 0 Å². The summed E-state index contributed by atoms with van der Waals surface area (Å²) in [4.78, 5) is 17.3. The van der Waals surface area contributed by atoms with Crippen LogP contribution in [0.2, 0.25) is 0 Å². The van der Waals surface area contributed by atoms with Crippen LogP contribution in [0.25, 0.3) is 16.6 Å². The highest BCUT2D eigenvalue weighted by Gasteiger charge is 2.28. The Kier molecular flexibility index (Phi) is 4.82. The third kappa shape index (κ3) is 3.50. The smallest absolute Gasteiger partial charge is 0.259 e. The van der Waals surface area contributed by atoms with Crippen molar-refractivity contribution in [2.75, 3.05) is 12.4 Å². The number of anilines is 1. The fourth-order valence-corrected chi connectivity index (χ4v) is 4.44. The molecule has 3 atom stereocenters. The summed E-state index contributed by atoms with van der Waals surface area (Å²) in [6, 6.07) is 5.59. The van der Waals surface area contributed by atoms with Gasteiger partial charge in [-0.05, 0) is 37.3 Å². The quantitative estimate of drug-likeness (QED) is 0.526. The fourth-order valence-electron chi connectivity index (χ4n) is 4.44. The summed E-state index contributed by atoms with van der Waals surface area (Å²) in [5, 5.41) is 22.6. The third-order valence-corrected chi connectivity index (χ3v) is 6.05. The number of aliphatic hydroxyl groups excluding tert-OH is 1. The third-order valence-electron chi connectivity index (χ3n) is 6.05. The zero-order chi connectivity index (χ0) is 21.5. The van der Waals surface area contributed by atoms with Crippen molar-refractivity contribution in [3.63, 3.8) is 0 Å². The molecule has 0 radical (unpaired) electrons. The van der Waals surface area contributed by atoms with E-state index in [1.807, 2.05) is 10.9 Å². The Labute approximate surface area is 178 Å². The van der Waals surface area contributed by atoms with Crippen LogP contribution < -0.4 is 10.1 Å². The molecule has 1 aliphatic rings. The molecule has 1 aromatic carbocycles. The van der Waals surface area contributed by atoms with Crippen LogP contribution in [0, 0.1) is 5.92 Å². The Balaban J connectivity index is 1.47. The summed E-state index contributed by atoms with van der Waals surface area (Å²) >= 11 is 0. The van der Waals surface area contributed by atoms with Crippen LogP contribution in [-0.4, -0.2) is 48.6 Å². The molecule has 160 valence electrons. The van der Waals surface area contributed by atoms with Crippen molar-refractivity contribution < 1.29 is 14.6 Å². The molecule has 4 aromatic rings. The molecule has 1 aliphatic carbocycles. The predicted molar refractivity (Wildman–Crippen MR) is 115 cm³/mol. The highest BCUT2D eigenvalue weighted by atomic mass is 16.5. The van der Waals surface area contributed by atoms with Crippen molar-refractivity contribution in [1.82, 2.24) is 24.4 Å². The summed E-state index contributed by atoms with van der Waals surface area (Å²) in [6.07, 6.45) is 9.15. The maximum absolute atomic E-state index is 13.1. The number of hydrogen-bond donors (Lipinski definition) is 2. The second-order valence-electron chi connectivity index (χ2n) is 8.13. The SMILES string of the molecule is COc1cc2nn([C@H]3CCC(O)C[C@@H]3C)cc2cc1C(=O)Nc1cnn2cccnc12. The van der Waals surface area contributed by atoms with Gasteiger partial charge in [-0.3, -0.25) is 9.48 Å². The Hall–Kier alpha value is -3.46. The van der Waals surface area contributed by atoms with Gasteiger partial charge in [0, 0.05) is 30.0 Å². The molecule has 9 nitrogen and oxygen atoms in total. The van der Waals surface area contributed by atoms with E-state index in [4.69, 9.17) is 9.84 Å². The summed E-state index contributed by atoms with van der Waals surface area (Å²) in [5.41, 5.74) is 2.27. The van der Waals surface area contributed by atoms with E-state index in [1.165, 1.54) is 7.11 Å². The number of nitrogens with one attached hydrogen (secondary N) is 1. The minimum atomic E-state index is -0.304. The van der Waals surface area contributed by atoms with Crippen LogP contribution in [0.1, 0.15) is 42.6 Å². The van der Waals surface area contributed by atoms with Gasteiger partial charge in [0.2, 0.25) is 0 Å². The molecule has 31 heavy (non-hydrogen) atoms. The number of fused-ring (bicyclic) bond motifs is 2. The molecule has 1 amide bonds. The monoisotopic (exact) mass is 420 g/mol. The van der Waals surface area contributed by atoms with Crippen LogP contribution in [0.5, 0.6) is 5.75 Å². The molecule has 1 unspecified atom stereocenters. The van der Waals surface area contributed by atoms with E-state index < -0.39 is 0 Å². The van der Waals surface area contributed by atoms with E-state index in [9.17, 15) is 9.90 Å². The number of aliphatic hydroxyl groups is 1. The van der Waals surface area contributed by atoms with E-state index in [1.54, 1.807) is 41.3 Å². The largest absolute Gasteiger partial charge is 0.496 e. The lowest BCUT2D eigenvalue weighted by Crippen LogP contribution is -2.28. The summed E-state index contributed by atoms with van der Waals surface area (Å²) in [5.74, 6) is 0.471. The van der Waals surface area contributed by atoms with Crippen LogP contribution in [0.4, 0.5) is 5.69 Å². The first-order valence-electron chi connectivity index (χ1n) is 10.4. The first-order chi connectivity index (χ1) is 15.0. The Morgan fingerprint density at radius 2 is 2.19 bits per heavy atom. The molecule has 1 saturated carbocycles. The van der Waals surface area contributed by atoms with E-state index >= 15 is 0 Å². The second-order valence-corrected chi connectivity index (χ2v) is 8.13. The van der Waals surface area contributed by atoms with Crippen LogP contribution in [-0.2, 0) is 0 Å². The maximum atomic E-state index is 13.1. The number of benzene rings is 1. The highest BCUT2D eigenvalue weighted by Crippen LogP contribution is 2.35. The van der Waals surface area contributed by atoms with Crippen LogP contribution >= 0.6 is 0 Å². The lowest BCUT2D eigenvalue weighted by Gasteiger charge is -2.31. The minimum absolute atomic E-state index is 0.226. The number of nitrogens with zero attached hydrogens (tertiary/aromatic N) is 5. The second kappa shape index (κ2) is 7.66. The molecule has 5 rings (SSSR count). The number of carbonyl (C=O) groups is 1. The molecule has 0 bridgehead atoms. The number of aromatic nitrogens is 5. The van der Waals surface area contributed by atoms with Crippen molar-refractivity contribution in [3.05, 3.63) is 48.5 Å². The van der Waals surface area contributed by atoms with Crippen molar-refractivity contribution in [1.29, 1.82) is 0 Å². The molecular formula is C22H24N6O3. The van der Waals surface area contributed by atoms with Crippen molar-refractivity contribution in [2.24, 2.45) is 5.92 Å². The number of amides is 1. The lowest BCUT2D eigenvalue weighted by molar-refractivity contribution is 0.0750. The van der Waals surface area contributed by atoms with Gasteiger partial charge in [0.05, 0.1) is 36.5 Å². The van der Waals surface area contributed by atoms with Gasteiger partial charge in [-0.1, -0.05) is 6.92 Å². The summed E-state index contributed by atoms with van der Waals surface area (Å²) in [7, 11) is 1.54. The molecule has 2 N–H and O–H groups in total. The highest BCUT2D eigenvalue weighted by molar-refractivity contribution is 6.09. The number of ether oxygens (including phenoxy) is 1. The van der Waals surface area contributed by atoms with Crippen molar-refractivity contribution in [2.45, 2.75) is 38.3 Å². The number of carbonyl (C=O) groups excluding carboxylic acids is 1. The Morgan fingerprint density at radius 1 is 1.32 bits per heavy atom. The first-order valence-corrected chi connectivity index (χ1v) is 10.4. The molecule has 0 saturated heterocycles. The van der Waals surface area contributed by atoms with E-state index in [2.05, 4.69) is 22.3 Å². The van der Waals surface area contributed by atoms with Crippen LogP contribution in [0.3, 0.4) is 0 Å². The van der Waals surface area contributed by atoms with Gasteiger partial charge in [-0.25, -0.2) is 9.50 Å². The van der Waals surface area contributed by atoms with E-state index in [0.717, 1.165) is 30.2 Å². The average Bonchev–Trinajstić information content (AvgIpc) is 3.36. The zero-order valence-corrected chi connectivity index (χ0v) is 17.4. The Morgan fingerprint density at radius 3 is 3.00 bits per heavy atom. The van der Waals surface area contributed by atoms with Gasteiger partial charge in [-0.15, -0.1) is 0 Å². The molecule has 3 heterocycles. The van der Waals surface area contributed by atoms with E-state index in [0.29, 0.717) is 28.6 Å². The average molecular weight is 420 g/mol. The van der Waals surface area contributed by atoms with Gasteiger partial charge in [0.15, 0.2) is 5.65 Å². The van der Waals surface area contributed by atoms with Crippen molar-refractivity contribution in [3.8, 4) is 5.75 Å².